The minimum absolute atomic E-state index is 0.0466. The van der Waals surface area contributed by atoms with Crippen molar-refractivity contribution in [3.63, 3.8) is 0 Å². The topological polar surface area (TPSA) is 95.9 Å². The molecule has 0 amide bonds. The molecule has 3 aromatic rings. The maximum atomic E-state index is 13.5. The Balaban J connectivity index is 1.84. The van der Waals surface area contributed by atoms with Crippen molar-refractivity contribution in [1.29, 1.82) is 0 Å². The molecule has 1 heterocycles. The molecule has 11 heteroatoms. The Hall–Kier alpha value is -2.95. The van der Waals surface area contributed by atoms with Crippen LogP contribution in [0.3, 0.4) is 0 Å². The molecule has 0 aliphatic carbocycles. The summed E-state index contributed by atoms with van der Waals surface area (Å²) in [6.07, 6.45) is 1.17. The van der Waals surface area contributed by atoms with Crippen LogP contribution in [0.4, 0.5) is 10.1 Å². The Kier molecular flexibility index (Phi) is 6.17. The SMILES string of the molecule is CS(=O)(=O)Nc1ccccc1C1=NN(S(=O)(=O)c2cccc(Cl)c2)C(c2ccc(F)cc2)C1. The van der Waals surface area contributed by atoms with Crippen LogP contribution in [-0.2, 0) is 20.0 Å². The highest BCUT2D eigenvalue weighted by molar-refractivity contribution is 7.92. The lowest BCUT2D eigenvalue weighted by atomic mass is 9.98. The van der Waals surface area contributed by atoms with Crippen molar-refractivity contribution < 1.29 is 21.2 Å². The third kappa shape index (κ3) is 5.02. The standard InChI is InChI=1S/C22H19ClFN3O4S2/c1-32(28,29)26-20-8-3-2-7-19(20)21-14-22(15-9-11-17(24)12-10-15)27(25-21)33(30,31)18-6-4-5-16(23)13-18/h2-13,22,26H,14H2,1H3. The zero-order valence-corrected chi connectivity index (χ0v) is 19.7. The molecule has 0 saturated heterocycles. The van der Waals surface area contributed by atoms with E-state index in [2.05, 4.69) is 9.82 Å². The number of rotatable bonds is 6. The smallest absolute Gasteiger partial charge is 0.279 e. The van der Waals surface area contributed by atoms with Gasteiger partial charge in [0.15, 0.2) is 0 Å². The van der Waals surface area contributed by atoms with Crippen molar-refractivity contribution in [2.45, 2.75) is 17.4 Å². The van der Waals surface area contributed by atoms with E-state index < -0.39 is 31.9 Å². The molecule has 0 saturated carbocycles. The molecule has 0 radical (unpaired) electrons. The third-order valence-corrected chi connectivity index (χ3v) is 7.51. The van der Waals surface area contributed by atoms with Crippen LogP contribution < -0.4 is 4.72 Å². The van der Waals surface area contributed by atoms with Crippen molar-refractivity contribution in [1.82, 2.24) is 4.41 Å². The number of nitrogens with zero attached hydrogens (tertiary/aromatic N) is 2. The minimum Gasteiger partial charge on any atom is -0.283 e. The molecule has 1 aliphatic rings. The van der Waals surface area contributed by atoms with Crippen molar-refractivity contribution in [3.05, 3.63) is 94.8 Å². The Labute approximate surface area is 196 Å². The van der Waals surface area contributed by atoms with Crippen LogP contribution in [0.15, 0.2) is 82.8 Å². The zero-order valence-electron chi connectivity index (χ0n) is 17.3. The number of anilines is 1. The summed E-state index contributed by atoms with van der Waals surface area (Å²) in [4.78, 5) is -0.0466. The van der Waals surface area contributed by atoms with E-state index in [4.69, 9.17) is 11.6 Å². The van der Waals surface area contributed by atoms with Gasteiger partial charge >= 0.3 is 0 Å². The molecule has 0 bridgehead atoms. The van der Waals surface area contributed by atoms with Crippen LogP contribution in [0.2, 0.25) is 5.02 Å². The molecule has 1 N–H and O–H groups in total. The van der Waals surface area contributed by atoms with Crippen LogP contribution in [0.25, 0.3) is 0 Å². The predicted octanol–water partition coefficient (Wildman–Crippen LogP) is 4.39. The highest BCUT2D eigenvalue weighted by Gasteiger charge is 2.38. The molecule has 0 aromatic heterocycles. The third-order valence-electron chi connectivity index (χ3n) is 5.00. The van der Waals surface area contributed by atoms with Crippen LogP contribution in [0.1, 0.15) is 23.6 Å². The van der Waals surface area contributed by atoms with Gasteiger partial charge in [0.05, 0.1) is 28.6 Å². The van der Waals surface area contributed by atoms with Crippen molar-refractivity contribution in [2.24, 2.45) is 5.10 Å². The number of sulfonamides is 2. The summed E-state index contributed by atoms with van der Waals surface area (Å²) in [5, 5.41) is 4.65. The fourth-order valence-electron chi connectivity index (χ4n) is 3.57. The molecule has 7 nitrogen and oxygen atoms in total. The average Bonchev–Trinajstić information content (AvgIpc) is 3.20. The number of benzene rings is 3. The van der Waals surface area contributed by atoms with Crippen LogP contribution in [0.5, 0.6) is 0 Å². The van der Waals surface area contributed by atoms with Gasteiger partial charge in [0, 0.05) is 17.0 Å². The lowest BCUT2D eigenvalue weighted by Crippen LogP contribution is -2.27. The van der Waals surface area contributed by atoms with Gasteiger partial charge in [-0.15, -0.1) is 0 Å². The van der Waals surface area contributed by atoms with E-state index in [-0.39, 0.29) is 22.0 Å². The summed E-state index contributed by atoms with van der Waals surface area (Å²) in [5.41, 5.74) is 1.62. The number of hydrazone groups is 1. The first kappa shape index (κ1) is 23.2. The van der Waals surface area contributed by atoms with Crippen LogP contribution in [0, 0.1) is 5.82 Å². The van der Waals surface area contributed by atoms with Crippen LogP contribution in [-0.4, -0.2) is 33.2 Å². The lowest BCUT2D eigenvalue weighted by Gasteiger charge is -2.23. The van der Waals surface area contributed by atoms with Crippen molar-refractivity contribution in [2.75, 3.05) is 11.0 Å². The molecule has 33 heavy (non-hydrogen) atoms. The number of hydrogen-bond acceptors (Lipinski definition) is 5. The van der Waals surface area contributed by atoms with E-state index in [1.807, 2.05) is 0 Å². The summed E-state index contributed by atoms with van der Waals surface area (Å²) in [7, 11) is -7.71. The zero-order chi connectivity index (χ0) is 23.8. The summed E-state index contributed by atoms with van der Waals surface area (Å²) >= 11 is 6.01. The predicted molar refractivity (Wildman–Crippen MR) is 126 cm³/mol. The Morgan fingerprint density at radius 2 is 1.70 bits per heavy atom. The Morgan fingerprint density at radius 1 is 1.00 bits per heavy atom. The second-order valence-electron chi connectivity index (χ2n) is 7.47. The van der Waals surface area contributed by atoms with Gasteiger partial charge in [-0.2, -0.15) is 17.9 Å². The molecular formula is C22H19ClFN3O4S2. The Bertz CT molecular complexity index is 1440. The van der Waals surface area contributed by atoms with Crippen LogP contribution >= 0.6 is 11.6 Å². The van der Waals surface area contributed by atoms with E-state index >= 15 is 0 Å². The molecule has 0 spiro atoms. The first-order valence-corrected chi connectivity index (χ1v) is 13.5. The second kappa shape index (κ2) is 8.77. The van der Waals surface area contributed by atoms with E-state index in [0.717, 1.165) is 10.7 Å². The monoisotopic (exact) mass is 507 g/mol. The maximum absolute atomic E-state index is 13.5. The second-order valence-corrected chi connectivity index (χ2v) is 11.5. The van der Waals surface area contributed by atoms with Gasteiger partial charge in [-0.25, -0.2) is 12.8 Å². The number of hydrogen-bond donors (Lipinski definition) is 1. The fraction of sp³-hybridized carbons (Fsp3) is 0.136. The van der Waals surface area contributed by atoms with Gasteiger partial charge in [-0.3, -0.25) is 4.72 Å². The van der Waals surface area contributed by atoms with E-state index in [1.54, 1.807) is 30.3 Å². The molecule has 172 valence electrons. The highest BCUT2D eigenvalue weighted by Crippen LogP contribution is 2.38. The number of nitrogens with one attached hydrogen (secondary N) is 1. The first-order valence-electron chi connectivity index (χ1n) is 9.75. The molecule has 1 unspecified atom stereocenters. The maximum Gasteiger partial charge on any atom is 0.279 e. The number of halogens is 2. The van der Waals surface area contributed by atoms with E-state index in [0.29, 0.717) is 16.8 Å². The molecule has 0 fully saturated rings. The van der Waals surface area contributed by atoms with Gasteiger partial charge in [-0.05, 0) is 42.0 Å². The van der Waals surface area contributed by atoms with E-state index in [1.165, 1.54) is 42.5 Å². The summed E-state index contributed by atoms with van der Waals surface area (Å²) in [5.74, 6) is -0.454. The molecular weight excluding hydrogens is 489 g/mol. The summed E-state index contributed by atoms with van der Waals surface area (Å²) < 4.78 is 67.6. The number of para-hydroxylation sites is 1. The van der Waals surface area contributed by atoms with Crippen molar-refractivity contribution in [3.8, 4) is 0 Å². The fourth-order valence-corrected chi connectivity index (χ4v) is 5.88. The molecule has 1 atom stereocenters. The van der Waals surface area contributed by atoms with Crippen molar-refractivity contribution >= 4 is 43.0 Å². The summed E-state index contributed by atoms with van der Waals surface area (Å²) in [6.45, 7) is 0. The van der Waals surface area contributed by atoms with E-state index in [9.17, 15) is 21.2 Å². The Morgan fingerprint density at radius 3 is 2.36 bits per heavy atom. The highest BCUT2D eigenvalue weighted by atomic mass is 35.5. The average molecular weight is 508 g/mol. The van der Waals surface area contributed by atoms with Gasteiger partial charge in [0.25, 0.3) is 10.0 Å². The minimum atomic E-state index is -4.13. The van der Waals surface area contributed by atoms with Gasteiger partial charge in [-0.1, -0.05) is 48.0 Å². The van der Waals surface area contributed by atoms with Gasteiger partial charge in [0.1, 0.15) is 5.82 Å². The molecule has 1 aliphatic heterocycles. The summed E-state index contributed by atoms with van der Waals surface area (Å²) in [6, 6.07) is 17.1. The lowest BCUT2D eigenvalue weighted by molar-refractivity contribution is 0.371. The first-order chi connectivity index (χ1) is 15.5. The quantitative estimate of drug-likeness (QED) is 0.535. The normalized spacial score (nSPS) is 16.5. The molecule has 4 rings (SSSR count). The van der Waals surface area contributed by atoms with Gasteiger partial charge in [0.2, 0.25) is 10.0 Å². The largest absolute Gasteiger partial charge is 0.283 e. The molecule has 3 aromatic carbocycles. The van der Waals surface area contributed by atoms with Gasteiger partial charge < -0.3 is 0 Å².